The number of hydrogen-bond acceptors (Lipinski definition) is 1. The maximum Gasteiger partial charge on any atom is 0.160 e. The van der Waals surface area contributed by atoms with Crippen molar-refractivity contribution < 1.29 is 8.78 Å². The third kappa shape index (κ3) is 3.11. The highest BCUT2D eigenvalue weighted by Gasteiger charge is 2.06. The van der Waals surface area contributed by atoms with Gasteiger partial charge in [0.15, 0.2) is 11.6 Å². The first-order valence-corrected chi connectivity index (χ1v) is 5.04. The number of nitrogens with zero attached hydrogens (tertiary/aromatic N) is 1. The van der Waals surface area contributed by atoms with Gasteiger partial charge in [0.1, 0.15) is 0 Å². The lowest BCUT2D eigenvalue weighted by molar-refractivity contribution is 0.508. The highest BCUT2D eigenvalue weighted by atomic mass is 19.2. The second-order valence-corrected chi connectivity index (χ2v) is 3.65. The van der Waals surface area contributed by atoms with Gasteiger partial charge in [-0.2, -0.15) is 0 Å². The maximum atomic E-state index is 13.0. The predicted octanol–water partition coefficient (Wildman–Crippen LogP) is 4.17. The number of benzene rings is 1. The van der Waals surface area contributed by atoms with E-state index in [1.54, 1.807) is 6.92 Å². The van der Waals surface area contributed by atoms with E-state index in [9.17, 15) is 8.78 Å². The molecule has 0 heterocycles. The van der Waals surface area contributed by atoms with Crippen LogP contribution in [0.25, 0.3) is 0 Å². The summed E-state index contributed by atoms with van der Waals surface area (Å²) >= 11 is 0. The van der Waals surface area contributed by atoms with Gasteiger partial charge in [0.25, 0.3) is 0 Å². The predicted molar refractivity (Wildman–Crippen MR) is 58.8 cm³/mol. The minimum Gasteiger partial charge on any atom is -0.258 e. The van der Waals surface area contributed by atoms with Crippen LogP contribution >= 0.6 is 0 Å². The lowest BCUT2D eigenvalue weighted by Crippen LogP contribution is -1.91. The molecular formula is C12H15F2N. The van der Waals surface area contributed by atoms with Gasteiger partial charge >= 0.3 is 0 Å². The number of rotatable bonds is 3. The molecule has 0 N–H and O–H groups in total. The van der Waals surface area contributed by atoms with E-state index in [0.29, 0.717) is 11.3 Å². The highest BCUT2D eigenvalue weighted by Crippen LogP contribution is 2.22. The molecule has 0 amide bonds. The summed E-state index contributed by atoms with van der Waals surface area (Å²) in [7, 11) is 0. The zero-order valence-corrected chi connectivity index (χ0v) is 9.27. The van der Waals surface area contributed by atoms with Crippen LogP contribution in [0.15, 0.2) is 17.1 Å². The second kappa shape index (κ2) is 5.01. The van der Waals surface area contributed by atoms with E-state index in [-0.39, 0.29) is 0 Å². The van der Waals surface area contributed by atoms with Crippen LogP contribution in [-0.2, 0) is 0 Å². The summed E-state index contributed by atoms with van der Waals surface area (Å²) in [4.78, 5) is 4.26. The second-order valence-electron chi connectivity index (χ2n) is 3.65. The van der Waals surface area contributed by atoms with Gasteiger partial charge in [-0.15, -0.1) is 0 Å². The summed E-state index contributed by atoms with van der Waals surface area (Å²) < 4.78 is 25.8. The molecule has 0 saturated heterocycles. The Labute approximate surface area is 88.8 Å². The maximum absolute atomic E-state index is 13.0. The van der Waals surface area contributed by atoms with Crippen LogP contribution in [-0.4, -0.2) is 5.71 Å². The fourth-order valence-electron chi connectivity index (χ4n) is 1.38. The Balaban J connectivity index is 3.05. The molecule has 0 spiro atoms. The molecule has 1 aromatic rings. The van der Waals surface area contributed by atoms with Crippen LogP contribution in [0.1, 0.15) is 32.3 Å². The van der Waals surface area contributed by atoms with E-state index in [0.717, 1.165) is 24.6 Å². The Hall–Kier alpha value is -1.25. The van der Waals surface area contributed by atoms with Crippen molar-refractivity contribution in [2.75, 3.05) is 0 Å². The van der Waals surface area contributed by atoms with Crippen LogP contribution in [0.3, 0.4) is 0 Å². The van der Waals surface area contributed by atoms with Crippen molar-refractivity contribution in [2.24, 2.45) is 4.99 Å². The molecular weight excluding hydrogens is 196 g/mol. The molecule has 1 aromatic carbocycles. The Morgan fingerprint density at radius 3 is 2.47 bits per heavy atom. The molecule has 0 aliphatic heterocycles. The minimum atomic E-state index is -0.844. The van der Waals surface area contributed by atoms with Crippen molar-refractivity contribution in [1.82, 2.24) is 0 Å². The van der Waals surface area contributed by atoms with Crippen LogP contribution in [0.4, 0.5) is 14.5 Å². The first kappa shape index (κ1) is 11.8. The SMILES string of the molecule is CCCC(C)=Nc1cc(F)c(F)cc1C. The Morgan fingerprint density at radius 1 is 1.27 bits per heavy atom. The van der Waals surface area contributed by atoms with E-state index in [2.05, 4.69) is 11.9 Å². The average Bonchev–Trinajstić information content (AvgIpc) is 2.14. The van der Waals surface area contributed by atoms with Crippen molar-refractivity contribution in [1.29, 1.82) is 0 Å². The van der Waals surface area contributed by atoms with Gasteiger partial charge < -0.3 is 0 Å². The Morgan fingerprint density at radius 2 is 1.87 bits per heavy atom. The normalized spacial score (nSPS) is 11.9. The number of halogens is 2. The Kier molecular flexibility index (Phi) is 3.95. The standard InChI is InChI=1S/C12H15F2N/c1-4-5-9(3)15-12-7-11(14)10(13)6-8(12)2/h6-7H,4-5H2,1-3H3. The van der Waals surface area contributed by atoms with Gasteiger partial charge in [0, 0.05) is 11.8 Å². The monoisotopic (exact) mass is 211 g/mol. The summed E-state index contributed by atoms with van der Waals surface area (Å²) in [6.45, 7) is 5.67. The minimum absolute atomic E-state index is 0.514. The zero-order valence-electron chi connectivity index (χ0n) is 9.27. The lowest BCUT2D eigenvalue weighted by Gasteiger charge is -2.03. The van der Waals surface area contributed by atoms with Crippen molar-refractivity contribution in [3.63, 3.8) is 0 Å². The average molecular weight is 211 g/mol. The van der Waals surface area contributed by atoms with Gasteiger partial charge in [-0.1, -0.05) is 13.3 Å². The molecule has 82 valence electrons. The van der Waals surface area contributed by atoms with Gasteiger partial charge in [0.05, 0.1) is 5.69 Å². The first-order chi connectivity index (χ1) is 7.04. The topological polar surface area (TPSA) is 12.4 Å². The molecule has 0 radical (unpaired) electrons. The van der Waals surface area contributed by atoms with E-state index in [4.69, 9.17) is 0 Å². The van der Waals surface area contributed by atoms with E-state index >= 15 is 0 Å². The van der Waals surface area contributed by atoms with E-state index in [1.165, 1.54) is 6.07 Å². The van der Waals surface area contributed by atoms with Gasteiger partial charge in [-0.3, -0.25) is 4.99 Å². The smallest absolute Gasteiger partial charge is 0.160 e. The molecule has 15 heavy (non-hydrogen) atoms. The van der Waals surface area contributed by atoms with Crippen molar-refractivity contribution in [3.05, 3.63) is 29.3 Å². The van der Waals surface area contributed by atoms with E-state index in [1.807, 2.05) is 6.92 Å². The van der Waals surface area contributed by atoms with Crippen LogP contribution in [0, 0.1) is 18.6 Å². The molecule has 1 rings (SSSR count). The summed E-state index contributed by atoms with van der Waals surface area (Å²) in [6.07, 6.45) is 1.87. The van der Waals surface area contributed by atoms with E-state index < -0.39 is 11.6 Å². The summed E-state index contributed by atoms with van der Waals surface area (Å²) in [5, 5.41) is 0. The molecule has 0 bridgehead atoms. The molecule has 0 saturated carbocycles. The quantitative estimate of drug-likeness (QED) is 0.665. The van der Waals surface area contributed by atoms with Gasteiger partial charge in [0.2, 0.25) is 0 Å². The van der Waals surface area contributed by atoms with Crippen LogP contribution in [0.2, 0.25) is 0 Å². The third-order valence-corrected chi connectivity index (χ3v) is 2.16. The summed E-state index contributed by atoms with van der Waals surface area (Å²) in [5.74, 6) is -1.66. The lowest BCUT2D eigenvalue weighted by atomic mass is 10.2. The largest absolute Gasteiger partial charge is 0.258 e. The highest BCUT2D eigenvalue weighted by molar-refractivity contribution is 5.84. The zero-order chi connectivity index (χ0) is 11.4. The van der Waals surface area contributed by atoms with Crippen LogP contribution in [0.5, 0.6) is 0 Å². The molecule has 0 aliphatic rings. The van der Waals surface area contributed by atoms with Crippen molar-refractivity contribution in [3.8, 4) is 0 Å². The molecule has 0 fully saturated rings. The molecule has 0 unspecified atom stereocenters. The Bertz CT molecular complexity index is 383. The number of aryl methyl sites for hydroxylation is 1. The molecule has 0 atom stereocenters. The van der Waals surface area contributed by atoms with Crippen molar-refractivity contribution in [2.45, 2.75) is 33.6 Å². The fraction of sp³-hybridized carbons (Fsp3) is 0.417. The molecule has 1 nitrogen and oxygen atoms in total. The fourth-order valence-corrected chi connectivity index (χ4v) is 1.38. The van der Waals surface area contributed by atoms with Crippen molar-refractivity contribution >= 4 is 11.4 Å². The summed E-state index contributed by atoms with van der Waals surface area (Å²) in [6, 6.07) is 2.32. The number of hydrogen-bond donors (Lipinski definition) is 0. The van der Waals surface area contributed by atoms with Gasteiger partial charge in [-0.05, 0) is 31.9 Å². The van der Waals surface area contributed by atoms with Crippen LogP contribution < -0.4 is 0 Å². The molecule has 0 aromatic heterocycles. The molecule has 0 aliphatic carbocycles. The third-order valence-electron chi connectivity index (χ3n) is 2.16. The number of aliphatic imine (C=N–C) groups is 1. The summed E-state index contributed by atoms with van der Waals surface area (Å²) in [5.41, 5.74) is 2.11. The first-order valence-electron chi connectivity index (χ1n) is 5.04. The molecule has 3 heteroatoms. The van der Waals surface area contributed by atoms with Gasteiger partial charge in [-0.25, -0.2) is 8.78 Å².